The molecule has 266 valence electrons. The van der Waals surface area contributed by atoms with Gasteiger partial charge in [-0.15, -0.1) is 0 Å². The van der Waals surface area contributed by atoms with Gasteiger partial charge in [-0.3, -0.25) is 0 Å². The summed E-state index contributed by atoms with van der Waals surface area (Å²) in [6, 6.07) is 47.2. The van der Waals surface area contributed by atoms with Crippen LogP contribution in [-0.4, -0.2) is 0 Å². The number of nitrogens with zero attached hydrogens (tertiary/aromatic N) is 1. The Bertz CT molecular complexity index is 2290. The third kappa shape index (κ3) is 4.54. The second kappa shape index (κ2) is 12.6. The molecule has 0 unspecified atom stereocenters. The van der Waals surface area contributed by atoms with Gasteiger partial charge < -0.3 is 4.90 Å². The summed E-state index contributed by atoms with van der Waals surface area (Å²) in [5, 5.41) is 0. The molecule has 0 bridgehead atoms. The first-order chi connectivity index (χ1) is 25.8. The average molecular weight is 757 g/mol. The van der Waals surface area contributed by atoms with E-state index in [2.05, 4.69) is 184 Å². The summed E-state index contributed by atoms with van der Waals surface area (Å²) >= 11 is 3.82. The van der Waals surface area contributed by atoms with Crippen molar-refractivity contribution in [3.63, 3.8) is 0 Å². The van der Waals surface area contributed by atoms with Crippen LogP contribution < -0.4 is 4.90 Å². The molecule has 3 aliphatic rings. The Labute approximate surface area is 325 Å². The number of fused-ring (bicyclic) bond motifs is 9. The van der Waals surface area contributed by atoms with E-state index >= 15 is 0 Å². The summed E-state index contributed by atoms with van der Waals surface area (Å²) in [4.78, 5) is 2.58. The molecule has 6 aromatic carbocycles. The van der Waals surface area contributed by atoms with Gasteiger partial charge in [0, 0.05) is 37.8 Å². The van der Waals surface area contributed by atoms with Crippen LogP contribution in [0.5, 0.6) is 0 Å². The van der Waals surface area contributed by atoms with Crippen LogP contribution in [0.15, 0.2) is 126 Å². The van der Waals surface area contributed by atoms with Crippen LogP contribution in [0.3, 0.4) is 0 Å². The smallest absolute Gasteiger partial charge is 0.0465 e. The van der Waals surface area contributed by atoms with Gasteiger partial charge in [-0.2, -0.15) is 0 Å². The SMILES string of the molecule is CCC1(CC)c2ccccc2-c2ccc(N(c3ccc4c(c3)C(CC)(CC)c3ccccc3-4)c3ccc4c(c3)C(CC)(CC)c3cc(Br)ccc3-4)cc21. The summed E-state index contributed by atoms with van der Waals surface area (Å²) in [6.45, 7) is 14.2. The third-order valence-corrected chi connectivity index (χ3v) is 14.7. The van der Waals surface area contributed by atoms with Crippen LogP contribution >= 0.6 is 15.9 Å². The molecule has 6 aromatic rings. The predicted octanol–water partition coefficient (Wildman–Crippen LogP) is 15.2. The monoisotopic (exact) mass is 755 g/mol. The topological polar surface area (TPSA) is 3.24 Å². The van der Waals surface area contributed by atoms with Crippen molar-refractivity contribution in [3.05, 3.63) is 159 Å². The number of benzene rings is 6. The Balaban J connectivity index is 1.29. The first-order valence-electron chi connectivity index (χ1n) is 20.1. The molecule has 0 heterocycles. The van der Waals surface area contributed by atoms with E-state index in [-0.39, 0.29) is 16.2 Å². The Morgan fingerprint density at radius 2 is 0.660 bits per heavy atom. The van der Waals surface area contributed by atoms with Crippen molar-refractivity contribution in [2.75, 3.05) is 4.90 Å². The zero-order valence-corrected chi connectivity index (χ0v) is 33.7. The van der Waals surface area contributed by atoms with Gasteiger partial charge in [-0.05, 0) is 154 Å². The molecule has 3 aliphatic carbocycles. The normalized spacial score (nSPS) is 16.0. The minimum absolute atomic E-state index is 0.000693. The highest BCUT2D eigenvalue weighted by molar-refractivity contribution is 9.10. The molecule has 0 saturated heterocycles. The Morgan fingerprint density at radius 3 is 1.04 bits per heavy atom. The number of rotatable bonds is 9. The number of hydrogen-bond donors (Lipinski definition) is 0. The third-order valence-electron chi connectivity index (χ3n) is 14.2. The maximum absolute atomic E-state index is 3.82. The first-order valence-corrected chi connectivity index (χ1v) is 20.9. The minimum Gasteiger partial charge on any atom is -0.310 e. The lowest BCUT2D eigenvalue weighted by Gasteiger charge is -2.34. The van der Waals surface area contributed by atoms with Gasteiger partial charge >= 0.3 is 0 Å². The summed E-state index contributed by atoms with van der Waals surface area (Å²) in [7, 11) is 0. The van der Waals surface area contributed by atoms with Crippen molar-refractivity contribution >= 4 is 33.0 Å². The van der Waals surface area contributed by atoms with Crippen LogP contribution in [0.1, 0.15) is 113 Å². The molecule has 0 fully saturated rings. The summed E-state index contributed by atoms with van der Waals surface area (Å²) in [5.41, 5.74) is 20.8. The molecule has 0 amide bonds. The Morgan fingerprint density at radius 1 is 0.358 bits per heavy atom. The molecule has 0 aliphatic heterocycles. The van der Waals surface area contributed by atoms with Crippen molar-refractivity contribution in [2.45, 2.75) is 96.3 Å². The second-order valence-corrected chi connectivity index (χ2v) is 16.6. The highest BCUT2D eigenvalue weighted by Crippen LogP contribution is 2.58. The Kier molecular flexibility index (Phi) is 8.17. The number of hydrogen-bond acceptors (Lipinski definition) is 1. The standard InChI is InChI=1S/C51H50BrN/c1-7-49(8-2)43-19-15-13-17-37(43)40-26-22-34(30-46(40)49)53(35-23-27-41-38-18-14-16-20-44(38)50(9-3,10-4)47(41)31-35)36-24-28-42-39-25-21-33(52)29-45(39)51(11-5,12-6)48(42)32-36/h13-32H,7-12H2,1-6H3. The predicted molar refractivity (Wildman–Crippen MR) is 229 cm³/mol. The quantitative estimate of drug-likeness (QED) is 0.142. The zero-order valence-electron chi connectivity index (χ0n) is 32.1. The van der Waals surface area contributed by atoms with Gasteiger partial charge in [0.15, 0.2) is 0 Å². The van der Waals surface area contributed by atoms with Crippen LogP contribution in [0.2, 0.25) is 0 Å². The molecule has 0 saturated carbocycles. The van der Waals surface area contributed by atoms with E-state index in [1.807, 2.05) is 0 Å². The lowest BCUT2D eigenvalue weighted by Crippen LogP contribution is -2.25. The van der Waals surface area contributed by atoms with Crippen molar-refractivity contribution in [1.82, 2.24) is 0 Å². The molecule has 0 spiro atoms. The van der Waals surface area contributed by atoms with Crippen molar-refractivity contribution < 1.29 is 0 Å². The molecule has 0 atom stereocenters. The minimum atomic E-state index is -0.0333. The molecule has 9 rings (SSSR count). The van der Waals surface area contributed by atoms with Crippen molar-refractivity contribution in [1.29, 1.82) is 0 Å². The number of halogens is 1. The lowest BCUT2D eigenvalue weighted by molar-refractivity contribution is 0.490. The maximum atomic E-state index is 3.82. The maximum Gasteiger partial charge on any atom is 0.0465 e. The van der Waals surface area contributed by atoms with Crippen LogP contribution in [-0.2, 0) is 16.2 Å². The van der Waals surface area contributed by atoms with Gasteiger partial charge in [-0.25, -0.2) is 0 Å². The molecule has 1 nitrogen and oxygen atoms in total. The number of anilines is 3. The van der Waals surface area contributed by atoms with E-state index in [0.717, 1.165) is 43.0 Å². The lowest BCUT2D eigenvalue weighted by atomic mass is 9.73. The Hall–Kier alpha value is -4.40. The van der Waals surface area contributed by atoms with E-state index in [1.54, 1.807) is 0 Å². The molecule has 53 heavy (non-hydrogen) atoms. The largest absolute Gasteiger partial charge is 0.310 e. The molecular formula is C51H50BrN. The first kappa shape index (κ1) is 34.4. The fraction of sp³-hybridized carbons (Fsp3) is 0.294. The fourth-order valence-corrected chi connectivity index (χ4v) is 11.6. The molecular weight excluding hydrogens is 706 g/mol. The van der Waals surface area contributed by atoms with E-state index in [1.165, 1.54) is 83.8 Å². The van der Waals surface area contributed by atoms with E-state index in [0.29, 0.717) is 0 Å². The molecule has 2 heteroatoms. The average Bonchev–Trinajstić information content (AvgIpc) is 3.76. The second-order valence-electron chi connectivity index (χ2n) is 15.7. The van der Waals surface area contributed by atoms with Crippen LogP contribution in [0.25, 0.3) is 33.4 Å². The van der Waals surface area contributed by atoms with Gasteiger partial charge in [0.05, 0.1) is 0 Å². The fourth-order valence-electron chi connectivity index (χ4n) is 11.2. The van der Waals surface area contributed by atoms with E-state index in [9.17, 15) is 0 Å². The summed E-state index contributed by atoms with van der Waals surface area (Å²) in [6.07, 6.45) is 6.42. The van der Waals surface area contributed by atoms with Crippen LogP contribution in [0, 0.1) is 0 Å². The van der Waals surface area contributed by atoms with E-state index in [4.69, 9.17) is 0 Å². The van der Waals surface area contributed by atoms with Gasteiger partial charge in [0.2, 0.25) is 0 Å². The molecule has 0 N–H and O–H groups in total. The summed E-state index contributed by atoms with van der Waals surface area (Å²) < 4.78 is 1.15. The van der Waals surface area contributed by atoms with Crippen molar-refractivity contribution in [3.8, 4) is 33.4 Å². The molecule has 0 radical (unpaired) electrons. The highest BCUT2D eigenvalue weighted by atomic mass is 79.9. The zero-order chi connectivity index (χ0) is 36.7. The van der Waals surface area contributed by atoms with E-state index < -0.39 is 0 Å². The summed E-state index contributed by atoms with van der Waals surface area (Å²) in [5.74, 6) is 0. The van der Waals surface area contributed by atoms with Gasteiger partial charge in [-0.1, -0.05) is 130 Å². The van der Waals surface area contributed by atoms with Gasteiger partial charge in [0.25, 0.3) is 0 Å². The van der Waals surface area contributed by atoms with Crippen molar-refractivity contribution in [2.24, 2.45) is 0 Å². The van der Waals surface area contributed by atoms with Crippen LogP contribution in [0.4, 0.5) is 17.1 Å². The van der Waals surface area contributed by atoms with Gasteiger partial charge in [0.1, 0.15) is 0 Å². The highest BCUT2D eigenvalue weighted by Gasteiger charge is 2.44. The molecule has 0 aromatic heterocycles.